The molecule has 20 heavy (non-hydrogen) atoms. The van der Waals surface area contributed by atoms with Crippen LogP contribution < -0.4 is 5.32 Å². The van der Waals surface area contributed by atoms with Gasteiger partial charge in [0.1, 0.15) is 5.01 Å². The number of anilines is 1. The molecule has 0 aliphatic heterocycles. The molecule has 0 aliphatic rings. The van der Waals surface area contributed by atoms with E-state index in [4.69, 9.17) is 11.6 Å². The molecule has 0 atom stereocenters. The summed E-state index contributed by atoms with van der Waals surface area (Å²) in [6.07, 6.45) is 5.11. The Morgan fingerprint density at radius 2 is 2.20 bits per heavy atom. The molecule has 0 amide bonds. The molecule has 0 unspecified atom stereocenters. The van der Waals surface area contributed by atoms with Crippen molar-refractivity contribution in [3.63, 3.8) is 0 Å². The molecule has 4 nitrogen and oxygen atoms in total. The summed E-state index contributed by atoms with van der Waals surface area (Å²) in [5, 5.41) is 6.80. The van der Waals surface area contributed by atoms with Gasteiger partial charge < -0.3 is 5.32 Å². The minimum Gasteiger partial charge on any atom is -0.378 e. The first-order valence-electron chi connectivity index (χ1n) is 6.01. The van der Waals surface area contributed by atoms with Gasteiger partial charge in [-0.25, -0.2) is 4.98 Å². The second-order valence-corrected chi connectivity index (χ2v) is 5.40. The van der Waals surface area contributed by atoms with Crippen molar-refractivity contribution < 1.29 is 0 Å². The van der Waals surface area contributed by atoms with Crippen molar-refractivity contribution >= 4 is 28.6 Å². The van der Waals surface area contributed by atoms with Gasteiger partial charge in [0, 0.05) is 17.8 Å². The summed E-state index contributed by atoms with van der Waals surface area (Å²) in [6.45, 7) is 0.630. The molecule has 0 aromatic carbocycles. The highest BCUT2D eigenvalue weighted by atomic mass is 35.5. The molecule has 0 bridgehead atoms. The van der Waals surface area contributed by atoms with Crippen molar-refractivity contribution in [1.82, 2.24) is 15.0 Å². The van der Waals surface area contributed by atoms with Crippen molar-refractivity contribution in [2.45, 2.75) is 6.54 Å². The number of halogens is 1. The molecule has 1 N–H and O–H groups in total. The molecule has 3 aromatic rings. The van der Waals surface area contributed by atoms with Gasteiger partial charge in [-0.1, -0.05) is 17.7 Å². The molecule has 3 heterocycles. The standard InChI is InChI=1S/C14H11ClN4S/c15-10-5-11(7-16-6-10)18-8-12-9-20-14(19-12)13-3-1-2-4-17-13/h1-7,9,18H,8H2. The smallest absolute Gasteiger partial charge is 0.142 e. The fourth-order valence-electron chi connectivity index (χ4n) is 1.70. The summed E-state index contributed by atoms with van der Waals surface area (Å²) in [6, 6.07) is 7.64. The van der Waals surface area contributed by atoms with Crippen LogP contribution in [0, 0.1) is 0 Å². The summed E-state index contributed by atoms with van der Waals surface area (Å²) in [7, 11) is 0. The molecule has 3 aromatic heterocycles. The highest BCUT2D eigenvalue weighted by molar-refractivity contribution is 7.13. The first-order chi connectivity index (χ1) is 9.81. The van der Waals surface area contributed by atoms with Crippen LogP contribution in [0.5, 0.6) is 0 Å². The van der Waals surface area contributed by atoms with E-state index in [-0.39, 0.29) is 0 Å². The van der Waals surface area contributed by atoms with E-state index in [1.54, 1.807) is 29.9 Å². The first kappa shape index (κ1) is 13.0. The molecule has 3 rings (SSSR count). The lowest BCUT2D eigenvalue weighted by molar-refractivity contribution is 1.07. The molecular formula is C14H11ClN4S. The molecule has 0 radical (unpaired) electrons. The van der Waals surface area contributed by atoms with E-state index in [0.29, 0.717) is 11.6 Å². The lowest BCUT2D eigenvalue weighted by Gasteiger charge is -2.03. The van der Waals surface area contributed by atoms with Gasteiger partial charge >= 0.3 is 0 Å². The number of pyridine rings is 2. The van der Waals surface area contributed by atoms with Crippen molar-refractivity contribution in [3.8, 4) is 10.7 Å². The van der Waals surface area contributed by atoms with E-state index in [0.717, 1.165) is 22.1 Å². The number of hydrogen-bond donors (Lipinski definition) is 1. The quantitative estimate of drug-likeness (QED) is 0.795. The molecule has 0 saturated carbocycles. The number of nitrogens with one attached hydrogen (secondary N) is 1. The Kier molecular flexibility index (Phi) is 3.90. The maximum Gasteiger partial charge on any atom is 0.142 e. The van der Waals surface area contributed by atoms with E-state index in [9.17, 15) is 0 Å². The van der Waals surface area contributed by atoms with E-state index >= 15 is 0 Å². The Morgan fingerprint density at radius 1 is 1.25 bits per heavy atom. The molecule has 6 heteroatoms. The van der Waals surface area contributed by atoms with Crippen LogP contribution in [0.4, 0.5) is 5.69 Å². The van der Waals surface area contributed by atoms with Crippen LogP contribution >= 0.6 is 22.9 Å². The molecule has 0 fully saturated rings. The largest absolute Gasteiger partial charge is 0.378 e. The number of thiazole rings is 1. The third-order valence-corrected chi connectivity index (χ3v) is 3.73. The SMILES string of the molecule is Clc1cncc(NCc2csc(-c3ccccn3)n2)c1. The van der Waals surface area contributed by atoms with Crippen molar-refractivity contribution in [2.75, 3.05) is 5.32 Å². The summed E-state index contributed by atoms with van der Waals surface area (Å²) in [5.74, 6) is 0. The van der Waals surface area contributed by atoms with E-state index in [2.05, 4.69) is 20.3 Å². The minimum absolute atomic E-state index is 0.613. The van der Waals surface area contributed by atoms with Crippen molar-refractivity contribution in [3.05, 3.63) is 59.0 Å². The monoisotopic (exact) mass is 302 g/mol. The minimum atomic E-state index is 0.613. The van der Waals surface area contributed by atoms with Gasteiger partial charge in [-0.15, -0.1) is 11.3 Å². The summed E-state index contributed by atoms with van der Waals surface area (Å²) >= 11 is 7.47. The van der Waals surface area contributed by atoms with E-state index < -0.39 is 0 Å². The summed E-state index contributed by atoms with van der Waals surface area (Å²) in [4.78, 5) is 12.9. The maximum atomic E-state index is 5.89. The fraction of sp³-hybridized carbons (Fsp3) is 0.0714. The Labute approximate surface area is 125 Å². The second kappa shape index (κ2) is 5.98. The van der Waals surface area contributed by atoms with Crippen molar-refractivity contribution in [2.24, 2.45) is 0 Å². The highest BCUT2D eigenvalue weighted by Crippen LogP contribution is 2.22. The lowest BCUT2D eigenvalue weighted by atomic mass is 10.3. The third kappa shape index (κ3) is 3.12. The van der Waals surface area contributed by atoms with Crippen LogP contribution in [0.1, 0.15) is 5.69 Å². The topological polar surface area (TPSA) is 50.7 Å². The Bertz CT molecular complexity index is 699. The van der Waals surface area contributed by atoms with Crippen LogP contribution in [-0.2, 0) is 6.54 Å². The van der Waals surface area contributed by atoms with Crippen LogP contribution in [0.15, 0.2) is 48.2 Å². The third-order valence-electron chi connectivity index (χ3n) is 2.61. The first-order valence-corrected chi connectivity index (χ1v) is 7.27. The average Bonchev–Trinajstić information content (AvgIpc) is 2.95. The van der Waals surface area contributed by atoms with Gasteiger partial charge in [-0.3, -0.25) is 9.97 Å². The highest BCUT2D eigenvalue weighted by Gasteiger charge is 2.05. The maximum absolute atomic E-state index is 5.89. The number of hydrogen-bond acceptors (Lipinski definition) is 5. The van der Waals surface area contributed by atoms with E-state index in [1.807, 2.05) is 29.6 Å². The normalized spacial score (nSPS) is 10.4. The average molecular weight is 303 g/mol. The Balaban J connectivity index is 1.69. The van der Waals surface area contributed by atoms with Crippen LogP contribution in [0.2, 0.25) is 5.02 Å². The van der Waals surface area contributed by atoms with Gasteiger partial charge in [0.05, 0.1) is 34.8 Å². The van der Waals surface area contributed by atoms with E-state index in [1.165, 1.54) is 0 Å². The molecule has 0 spiro atoms. The van der Waals surface area contributed by atoms with Crippen LogP contribution in [0.3, 0.4) is 0 Å². The van der Waals surface area contributed by atoms with Gasteiger partial charge in [-0.2, -0.15) is 0 Å². The second-order valence-electron chi connectivity index (χ2n) is 4.10. The zero-order valence-electron chi connectivity index (χ0n) is 10.5. The summed E-state index contributed by atoms with van der Waals surface area (Å²) < 4.78 is 0. The van der Waals surface area contributed by atoms with Gasteiger partial charge in [0.25, 0.3) is 0 Å². The van der Waals surface area contributed by atoms with Gasteiger partial charge in [-0.05, 0) is 18.2 Å². The zero-order valence-corrected chi connectivity index (χ0v) is 12.0. The van der Waals surface area contributed by atoms with Crippen LogP contribution in [0.25, 0.3) is 10.7 Å². The fourth-order valence-corrected chi connectivity index (χ4v) is 2.67. The molecule has 100 valence electrons. The molecule has 0 saturated heterocycles. The zero-order chi connectivity index (χ0) is 13.8. The number of rotatable bonds is 4. The van der Waals surface area contributed by atoms with Crippen molar-refractivity contribution in [1.29, 1.82) is 0 Å². The number of aromatic nitrogens is 3. The number of nitrogens with zero attached hydrogens (tertiary/aromatic N) is 3. The van der Waals surface area contributed by atoms with Gasteiger partial charge in [0.15, 0.2) is 0 Å². The Morgan fingerprint density at radius 3 is 3.00 bits per heavy atom. The van der Waals surface area contributed by atoms with Gasteiger partial charge in [0.2, 0.25) is 0 Å². The molecule has 0 aliphatic carbocycles. The lowest BCUT2D eigenvalue weighted by Crippen LogP contribution is -2.00. The predicted octanol–water partition coefficient (Wildman–Crippen LogP) is 3.87. The molecular weight excluding hydrogens is 292 g/mol. The predicted molar refractivity (Wildman–Crippen MR) is 81.9 cm³/mol. The Hall–Kier alpha value is -1.98. The van der Waals surface area contributed by atoms with Crippen LogP contribution in [-0.4, -0.2) is 15.0 Å². The summed E-state index contributed by atoms with van der Waals surface area (Å²) in [5.41, 5.74) is 2.74.